The first-order valence-corrected chi connectivity index (χ1v) is 10.9. The summed E-state index contributed by atoms with van der Waals surface area (Å²) in [4.78, 5) is 25.5. The molecule has 0 aliphatic carbocycles. The van der Waals surface area contributed by atoms with Crippen molar-refractivity contribution in [3.05, 3.63) is 63.1 Å². The second-order valence-corrected chi connectivity index (χ2v) is 7.75. The van der Waals surface area contributed by atoms with Gasteiger partial charge in [0.2, 0.25) is 0 Å². The van der Waals surface area contributed by atoms with Gasteiger partial charge in [-0.15, -0.1) is 0 Å². The highest BCUT2D eigenvalue weighted by Gasteiger charge is 2.35. The van der Waals surface area contributed by atoms with Crippen LogP contribution in [-0.4, -0.2) is 32.3 Å². The lowest BCUT2D eigenvalue weighted by Crippen LogP contribution is -2.45. The van der Waals surface area contributed by atoms with E-state index in [9.17, 15) is 9.59 Å². The number of urea groups is 1. The van der Waals surface area contributed by atoms with E-state index in [-0.39, 0.29) is 22.2 Å². The number of amides is 2. The highest BCUT2D eigenvalue weighted by molar-refractivity contribution is 6.37. The van der Waals surface area contributed by atoms with Crippen molar-refractivity contribution in [2.75, 3.05) is 20.3 Å². The third-order valence-electron chi connectivity index (χ3n) is 4.75. The molecular formula is C23H24Cl2N2O5. The van der Waals surface area contributed by atoms with Crippen LogP contribution in [0.5, 0.6) is 11.5 Å². The quantitative estimate of drug-likeness (QED) is 0.514. The Morgan fingerprint density at radius 3 is 2.31 bits per heavy atom. The summed E-state index contributed by atoms with van der Waals surface area (Å²) in [7, 11) is 1.56. The summed E-state index contributed by atoms with van der Waals surface area (Å²) in [5.74, 6) is 0.427. The third kappa shape index (κ3) is 5.11. The Balaban J connectivity index is 2.14. The zero-order chi connectivity index (χ0) is 23.3. The topological polar surface area (TPSA) is 85.9 Å². The van der Waals surface area contributed by atoms with Crippen molar-refractivity contribution in [2.45, 2.75) is 26.3 Å². The largest absolute Gasteiger partial charge is 0.497 e. The van der Waals surface area contributed by atoms with Crippen molar-refractivity contribution >= 4 is 40.9 Å². The fourth-order valence-corrected chi connectivity index (χ4v) is 3.93. The number of ether oxygens (including phenoxy) is 3. The van der Waals surface area contributed by atoms with E-state index in [4.69, 9.17) is 37.4 Å². The van der Waals surface area contributed by atoms with Crippen LogP contribution >= 0.6 is 23.2 Å². The first-order valence-electron chi connectivity index (χ1n) is 10.1. The average molecular weight is 479 g/mol. The average Bonchev–Trinajstić information content (AvgIpc) is 2.78. The number of carbonyl (C=O) groups excluding carboxylic acids is 2. The maximum atomic E-state index is 13.0. The van der Waals surface area contributed by atoms with E-state index in [0.717, 1.165) is 6.42 Å². The molecule has 1 aliphatic rings. The predicted molar refractivity (Wildman–Crippen MR) is 123 cm³/mol. The van der Waals surface area contributed by atoms with Crippen LogP contribution in [0, 0.1) is 0 Å². The Morgan fingerprint density at radius 1 is 1.09 bits per heavy atom. The summed E-state index contributed by atoms with van der Waals surface area (Å²) in [6.45, 7) is 4.31. The van der Waals surface area contributed by atoms with Gasteiger partial charge in [-0.05, 0) is 60.9 Å². The number of halogens is 2. The van der Waals surface area contributed by atoms with Crippen molar-refractivity contribution in [2.24, 2.45) is 0 Å². The second kappa shape index (κ2) is 10.6. The molecule has 7 nitrogen and oxygen atoms in total. The molecule has 2 aromatic rings. The van der Waals surface area contributed by atoms with E-state index in [2.05, 4.69) is 10.6 Å². The van der Waals surface area contributed by atoms with Crippen LogP contribution in [0.4, 0.5) is 4.79 Å². The van der Waals surface area contributed by atoms with Gasteiger partial charge < -0.3 is 24.8 Å². The number of carbonyl (C=O) groups is 2. The minimum Gasteiger partial charge on any atom is -0.497 e. The second-order valence-electron chi connectivity index (χ2n) is 6.93. The molecule has 2 aromatic carbocycles. The zero-order valence-corrected chi connectivity index (χ0v) is 19.5. The van der Waals surface area contributed by atoms with Gasteiger partial charge in [0.25, 0.3) is 0 Å². The van der Waals surface area contributed by atoms with E-state index < -0.39 is 18.0 Å². The number of rotatable bonds is 8. The normalized spacial score (nSPS) is 15.7. The lowest BCUT2D eigenvalue weighted by Gasteiger charge is -2.30. The molecule has 1 unspecified atom stereocenters. The summed E-state index contributed by atoms with van der Waals surface area (Å²) >= 11 is 12.8. The SMILES string of the molecule is CCCOc1c(Cl)cc(C2NC(=O)NC(c3ccc(OC)cc3)=C2C(=O)OCC)cc1Cl. The van der Waals surface area contributed by atoms with E-state index in [1.165, 1.54) is 0 Å². The zero-order valence-electron chi connectivity index (χ0n) is 18.0. The molecule has 1 aliphatic heterocycles. The number of nitrogens with one attached hydrogen (secondary N) is 2. The van der Waals surface area contributed by atoms with Gasteiger partial charge >= 0.3 is 12.0 Å². The van der Waals surface area contributed by atoms with Crippen molar-refractivity contribution in [1.29, 1.82) is 0 Å². The van der Waals surface area contributed by atoms with E-state index in [1.807, 2.05) is 6.92 Å². The predicted octanol–water partition coefficient (Wildman–Crippen LogP) is 5.12. The van der Waals surface area contributed by atoms with Crippen molar-refractivity contribution < 1.29 is 23.8 Å². The number of hydrogen-bond acceptors (Lipinski definition) is 5. The van der Waals surface area contributed by atoms with Gasteiger partial charge in [-0.25, -0.2) is 9.59 Å². The van der Waals surface area contributed by atoms with Gasteiger partial charge in [-0.2, -0.15) is 0 Å². The lowest BCUT2D eigenvalue weighted by molar-refractivity contribution is -0.138. The highest BCUT2D eigenvalue weighted by atomic mass is 35.5. The van der Waals surface area contributed by atoms with Gasteiger partial charge in [0.15, 0.2) is 5.75 Å². The molecule has 170 valence electrons. The van der Waals surface area contributed by atoms with Crippen LogP contribution in [0.15, 0.2) is 42.0 Å². The highest BCUT2D eigenvalue weighted by Crippen LogP contribution is 2.39. The number of hydrogen-bond donors (Lipinski definition) is 2. The Bertz CT molecular complexity index is 1010. The van der Waals surface area contributed by atoms with Gasteiger partial charge in [0.05, 0.1) is 47.7 Å². The maximum Gasteiger partial charge on any atom is 0.338 e. The molecule has 1 atom stereocenters. The number of benzene rings is 2. The van der Waals surface area contributed by atoms with E-state index >= 15 is 0 Å². The maximum absolute atomic E-state index is 13.0. The molecule has 0 spiro atoms. The Kier molecular flexibility index (Phi) is 7.88. The molecule has 0 radical (unpaired) electrons. The Labute approximate surface area is 196 Å². The molecule has 9 heteroatoms. The number of esters is 1. The van der Waals surface area contributed by atoms with Crippen LogP contribution in [0.25, 0.3) is 5.70 Å². The molecule has 2 N–H and O–H groups in total. The molecule has 0 bridgehead atoms. The van der Waals surface area contributed by atoms with Crippen LogP contribution in [0.3, 0.4) is 0 Å². The fraction of sp³-hybridized carbons (Fsp3) is 0.304. The van der Waals surface area contributed by atoms with Gasteiger partial charge in [-0.1, -0.05) is 30.1 Å². The Morgan fingerprint density at radius 2 is 1.75 bits per heavy atom. The fourth-order valence-electron chi connectivity index (χ4n) is 3.32. The summed E-state index contributed by atoms with van der Waals surface area (Å²) < 4.78 is 16.1. The molecule has 3 rings (SSSR count). The van der Waals surface area contributed by atoms with E-state index in [1.54, 1.807) is 50.4 Å². The molecular weight excluding hydrogens is 455 g/mol. The molecule has 32 heavy (non-hydrogen) atoms. The minimum atomic E-state index is -0.838. The monoisotopic (exact) mass is 478 g/mol. The summed E-state index contributed by atoms with van der Waals surface area (Å²) in [6.07, 6.45) is 0.791. The van der Waals surface area contributed by atoms with Gasteiger partial charge in [-0.3, -0.25) is 0 Å². The molecule has 0 saturated heterocycles. The van der Waals surface area contributed by atoms with Gasteiger partial charge in [0, 0.05) is 0 Å². The van der Waals surface area contributed by atoms with Crippen LogP contribution in [0.1, 0.15) is 37.4 Å². The summed E-state index contributed by atoms with van der Waals surface area (Å²) in [6, 6.07) is 8.90. The molecule has 2 amide bonds. The molecule has 0 aromatic heterocycles. The molecule has 1 heterocycles. The first kappa shape index (κ1) is 23.8. The van der Waals surface area contributed by atoms with Gasteiger partial charge in [0.1, 0.15) is 5.75 Å². The molecule has 0 saturated carbocycles. The van der Waals surface area contributed by atoms with E-state index in [0.29, 0.717) is 34.9 Å². The van der Waals surface area contributed by atoms with Crippen molar-refractivity contribution in [3.63, 3.8) is 0 Å². The van der Waals surface area contributed by atoms with Crippen molar-refractivity contribution in [1.82, 2.24) is 10.6 Å². The third-order valence-corrected chi connectivity index (χ3v) is 5.31. The van der Waals surface area contributed by atoms with Crippen LogP contribution in [-0.2, 0) is 9.53 Å². The van der Waals surface area contributed by atoms with Crippen LogP contribution in [0.2, 0.25) is 10.0 Å². The Hall–Kier alpha value is -2.90. The summed E-state index contributed by atoms with van der Waals surface area (Å²) in [5, 5.41) is 6.06. The minimum absolute atomic E-state index is 0.171. The summed E-state index contributed by atoms with van der Waals surface area (Å²) in [5.41, 5.74) is 1.70. The number of methoxy groups -OCH3 is 1. The standard InChI is InChI=1S/C23H24Cl2N2O5/c1-4-10-32-21-16(24)11-14(12-17(21)25)20-18(22(28)31-5-2)19(26-23(29)27-20)13-6-8-15(30-3)9-7-13/h6-9,11-12,20H,4-5,10H2,1-3H3,(H2,26,27,29). The lowest BCUT2D eigenvalue weighted by atomic mass is 9.92. The smallest absolute Gasteiger partial charge is 0.338 e. The van der Waals surface area contributed by atoms with Crippen LogP contribution < -0.4 is 20.1 Å². The van der Waals surface area contributed by atoms with Crippen molar-refractivity contribution in [3.8, 4) is 11.5 Å². The molecule has 0 fully saturated rings. The first-order chi connectivity index (χ1) is 15.4.